The first-order chi connectivity index (χ1) is 6.77. The summed E-state index contributed by atoms with van der Waals surface area (Å²) in [7, 11) is 2.05. The van der Waals surface area contributed by atoms with Crippen molar-refractivity contribution < 1.29 is 0 Å². The second kappa shape index (κ2) is 3.64. The largest absolute Gasteiger partial charge is 0.388 e. The minimum Gasteiger partial charge on any atom is -0.388 e. The van der Waals surface area contributed by atoms with Gasteiger partial charge in [-0.15, -0.1) is 0 Å². The van der Waals surface area contributed by atoms with Crippen LogP contribution in [0.15, 0.2) is 6.07 Å². The lowest BCUT2D eigenvalue weighted by atomic mass is 9.96. The summed E-state index contributed by atoms with van der Waals surface area (Å²) in [6.07, 6.45) is 5.00. The Hall–Kier alpha value is -0.980. The number of anilines is 1. The van der Waals surface area contributed by atoms with E-state index in [2.05, 4.69) is 25.2 Å². The standard InChI is InChI=1S/C13H19N/c1-4-11-9(2)8-10-6-5-7-12(10)13(11)14-3/h8,14H,4-7H2,1-3H3. The van der Waals surface area contributed by atoms with Gasteiger partial charge < -0.3 is 5.32 Å². The van der Waals surface area contributed by atoms with Crippen LogP contribution in [0, 0.1) is 6.92 Å². The topological polar surface area (TPSA) is 12.0 Å². The lowest BCUT2D eigenvalue weighted by molar-refractivity contribution is 0.911. The Bertz CT molecular complexity index is 349. The van der Waals surface area contributed by atoms with E-state index in [0.717, 1.165) is 6.42 Å². The summed E-state index contributed by atoms with van der Waals surface area (Å²) < 4.78 is 0. The van der Waals surface area contributed by atoms with Gasteiger partial charge in [0.15, 0.2) is 0 Å². The quantitative estimate of drug-likeness (QED) is 0.754. The first-order valence-electron chi connectivity index (χ1n) is 5.60. The van der Waals surface area contributed by atoms with Crippen LogP contribution in [-0.2, 0) is 19.3 Å². The molecular formula is C13H19N. The van der Waals surface area contributed by atoms with E-state index in [9.17, 15) is 0 Å². The predicted octanol–water partition coefficient (Wildman–Crippen LogP) is 3.09. The van der Waals surface area contributed by atoms with E-state index in [4.69, 9.17) is 0 Å². The average molecular weight is 189 g/mol. The molecule has 1 aromatic carbocycles. The monoisotopic (exact) mass is 189 g/mol. The molecule has 2 rings (SSSR count). The molecular weight excluding hydrogens is 170 g/mol. The van der Waals surface area contributed by atoms with Crippen LogP contribution in [0.2, 0.25) is 0 Å². The zero-order valence-electron chi connectivity index (χ0n) is 9.41. The molecule has 0 saturated carbocycles. The molecule has 1 aliphatic carbocycles. The lowest BCUT2D eigenvalue weighted by Gasteiger charge is -2.16. The smallest absolute Gasteiger partial charge is 0.0408 e. The fourth-order valence-electron chi connectivity index (χ4n) is 2.70. The van der Waals surface area contributed by atoms with E-state index in [1.807, 2.05) is 7.05 Å². The minimum absolute atomic E-state index is 1.13. The summed E-state index contributed by atoms with van der Waals surface area (Å²) in [6, 6.07) is 2.39. The van der Waals surface area contributed by atoms with Gasteiger partial charge in [0, 0.05) is 12.7 Å². The first-order valence-corrected chi connectivity index (χ1v) is 5.60. The molecule has 1 aliphatic rings. The van der Waals surface area contributed by atoms with Crippen molar-refractivity contribution in [2.45, 2.75) is 39.5 Å². The summed E-state index contributed by atoms with van der Waals surface area (Å²) >= 11 is 0. The molecule has 14 heavy (non-hydrogen) atoms. The molecule has 0 aromatic heterocycles. The Labute approximate surface area is 86.5 Å². The lowest BCUT2D eigenvalue weighted by Crippen LogP contribution is -2.02. The predicted molar refractivity (Wildman–Crippen MR) is 62.1 cm³/mol. The van der Waals surface area contributed by atoms with E-state index >= 15 is 0 Å². The fraction of sp³-hybridized carbons (Fsp3) is 0.538. The van der Waals surface area contributed by atoms with E-state index in [-0.39, 0.29) is 0 Å². The second-order valence-electron chi connectivity index (χ2n) is 4.14. The van der Waals surface area contributed by atoms with E-state index in [1.54, 1.807) is 11.1 Å². The van der Waals surface area contributed by atoms with Crippen LogP contribution >= 0.6 is 0 Å². The number of fused-ring (bicyclic) bond motifs is 1. The van der Waals surface area contributed by atoms with Crippen molar-refractivity contribution in [1.82, 2.24) is 0 Å². The number of rotatable bonds is 2. The number of benzene rings is 1. The van der Waals surface area contributed by atoms with Crippen molar-refractivity contribution in [3.63, 3.8) is 0 Å². The third-order valence-electron chi connectivity index (χ3n) is 3.33. The summed E-state index contributed by atoms with van der Waals surface area (Å²) in [6.45, 7) is 4.47. The van der Waals surface area contributed by atoms with Gasteiger partial charge >= 0.3 is 0 Å². The highest BCUT2D eigenvalue weighted by Crippen LogP contribution is 2.34. The Morgan fingerprint density at radius 2 is 2.14 bits per heavy atom. The van der Waals surface area contributed by atoms with Gasteiger partial charge in [-0.2, -0.15) is 0 Å². The number of nitrogens with one attached hydrogen (secondary N) is 1. The molecule has 0 amide bonds. The van der Waals surface area contributed by atoms with E-state index < -0.39 is 0 Å². The Balaban J connectivity index is 2.62. The molecule has 0 saturated heterocycles. The van der Waals surface area contributed by atoms with Crippen LogP contribution in [0.3, 0.4) is 0 Å². The van der Waals surface area contributed by atoms with Crippen LogP contribution in [0.4, 0.5) is 5.69 Å². The molecule has 0 spiro atoms. The van der Waals surface area contributed by atoms with Gasteiger partial charge in [0.25, 0.3) is 0 Å². The summed E-state index contributed by atoms with van der Waals surface area (Å²) in [4.78, 5) is 0. The Morgan fingerprint density at radius 3 is 2.79 bits per heavy atom. The van der Waals surface area contributed by atoms with Crippen molar-refractivity contribution in [1.29, 1.82) is 0 Å². The van der Waals surface area contributed by atoms with Crippen LogP contribution in [0.1, 0.15) is 35.6 Å². The highest BCUT2D eigenvalue weighted by Gasteiger charge is 2.18. The fourth-order valence-corrected chi connectivity index (χ4v) is 2.70. The normalized spacial score (nSPS) is 14.2. The molecule has 0 atom stereocenters. The molecule has 1 N–H and O–H groups in total. The third-order valence-corrected chi connectivity index (χ3v) is 3.33. The van der Waals surface area contributed by atoms with Crippen LogP contribution in [-0.4, -0.2) is 7.05 Å². The summed E-state index contributed by atoms with van der Waals surface area (Å²) in [5.41, 5.74) is 7.53. The van der Waals surface area contributed by atoms with Gasteiger partial charge in [-0.25, -0.2) is 0 Å². The molecule has 76 valence electrons. The molecule has 0 bridgehead atoms. The van der Waals surface area contributed by atoms with Crippen molar-refractivity contribution in [3.05, 3.63) is 28.3 Å². The van der Waals surface area contributed by atoms with Crippen molar-refractivity contribution in [2.75, 3.05) is 12.4 Å². The van der Waals surface area contributed by atoms with E-state index in [1.165, 1.54) is 36.1 Å². The maximum absolute atomic E-state index is 3.39. The summed E-state index contributed by atoms with van der Waals surface area (Å²) in [5, 5.41) is 3.39. The van der Waals surface area contributed by atoms with Gasteiger partial charge in [0.1, 0.15) is 0 Å². The van der Waals surface area contributed by atoms with Crippen molar-refractivity contribution in [3.8, 4) is 0 Å². The average Bonchev–Trinajstić information content (AvgIpc) is 2.62. The van der Waals surface area contributed by atoms with E-state index in [0.29, 0.717) is 0 Å². The molecule has 1 aromatic rings. The number of hydrogen-bond donors (Lipinski definition) is 1. The van der Waals surface area contributed by atoms with Gasteiger partial charge in [-0.1, -0.05) is 13.0 Å². The Morgan fingerprint density at radius 1 is 1.36 bits per heavy atom. The third kappa shape index (κ3) is 1.31. The maximum atomic E-state index is 3.39. The molecule has 0 fully saturated rings. The number of hydrogen-bond acceptors (Lipinski definition) is 1. The minimum atomic E-state index is 1.13. The SMILES string of the molecule is CCc1c(C)cc2c(c1NC)CCC2. The van der Waals surface area contributed by atoms with Crippen molar-refractivity contribution >= 4 is 5.69 Å². The van der Waals surface area contributed by atoms with Gasteiger partial charge in [0.05, 0.1) is 0 Å². The molecule has 1 nitrogen and oxygen atoms in total. The molecule has 0 aliphatic heterocycles. The van der Waals surface area contributed by atoms with Crippen LogP contribution in [0.25, 0.3) is 0 Å². The zero-order chi connectivity index (χ0) is 10.1. The molecule has 0 heterocycles. The van der Waals surface area contributed by atoms with Crippen molar-refractivity contribution in [2.24, 2.45) is 0 Å². The highest BCUT2D eigenvalue weighted by atomic mass is 14.8. The number of aryl methyl sites for hydroxylation is 2. The van der Waals surface area contributed by atoms with Crippen LogP contribution in [0.5, 0.6) is 0 Å². The first kappa shape index (κ1) is 9.57. The molecule has 0 unspecified atom stereocenters. The van der Waals surface area contributed by atoms with Gasteiger partial charge in [-0.05, 0) is 54.9 Å². The zero-order valence-corrected chi connectivity index (χ0v) is 9.41. The highest BCUT2D eigenvalue weighted by molar-refractivity contribution is 5.64. The van der Waals surface area contributed by atoms with Gasteiger partial charge in [-0.3, -0.25) is 0 Å². The Kier molecular flexibility index (Phi) is 2.49. The van der Waals surface area contributed by atoms with Crippen LogP contribution < -0.4 is 5.32 Å². The summed E-state index contributed by atoms with van der Waals surface area (Å²) in [5.74, 6) is 0. The maximum Gasteiger partial charge on any atom is 0.0408 e. The molecule has 1 heteroatoms. The van der Waals surface area contributed by atoms with Gasteiger partial charge in [0.2, 0.25) is 0 Å². The molecule has 0 radical (unpaired) electrons. The second-order valence-corrected chi connectivity index (χ2v) is 4.14.